The lowest BCUT2D eigenvalue weighted by Crippen LogP contribution is -2.28. The Labute approximate surface area is 56.5 Å². The fraction of sp³-hybridized carbons (Fsp3) is 0.500. The number of aliphatic carboxylic acids is 1. The molecule has 0 aliphatic rings. The largest absolute Gasteiger partial charge is 0.548 e. The number of carboxylic acids is 1. The maximum Gasteiger partial charge on any atom is 0.148 e. The van der Waals surface area contributed by atoms with Crippen LogP contribution in [0.2, 0.25) is 0 Å². The van der Waals surface area contributed by atoms with Crippen molar-refractivity contribution in [2.24, 2.45) is 0 Å². The summed E-state index contributed by atoms with van der Waals surface area (Å²) in [6, 6.07) is 0. The number of carboxylic acid groups (broad SMARTS) is 1. The molecule has 6 nitrogen and oxygen atoms in total. The Balaban J connectivity index is 2.74. The number of tetrazole rings is 1. The van der Waals surface area contributed by atoms with Crippen LogP contribution in [0, 0.1) is 6.92 Å². The van der Waals surface area contributed by atoms with Gasteiger partial charge in [-0.25, -0.2) is 4.68 Å². The number of carbonyl (C=O) groups is 1. The fourth-order valence-electron chi connectivity index (χ4n) is 0.518. The van der Waals surface area contributed by atoms with Crippen LogP contribution in [0.3, 0.4) is 0 Å². The highest BCUT2D eigenvalue weighted by Gasteiger charge is 1.97. The summed E-state index contributed by atoms with van der Waals surface area (Å²) < 4.78 is 1.15. The lowest BCUT2D eigenvalue weighted by molar-refractivity contribution is -0.306. The van der Waals surface area contributed by atoms with Crippen molar-refractivity contribution in [1.82, 2.24) is 20.2 Å². The number of hydrogen-bond donors (Lipinski definition) is 0. The van der Waals surface area contributed by atoms with Gasteiger partial charge in [0.05, 0.1) is 12.5 Å². The van der Waals surface area contributed by atoms with Crippen molar-refractivity contribution < 1.29 is 9.90 Å². The molecule has 6 heteroatoms. The molecule has 0 saturated heterocycles. The molecule has 10 heavy (non-hydrogen) atoms. The van der Waals surface area contributed by atoms with E-state index in [0.29, 0.717) is 5.82 Å². The highest BCUT2D eigenvalue weighted by molar-refractivity contribution is 5.63. The molecule has 0 amide bonds. The molecule has 1 heterocycles. The first-order chi connectivity index (χ1) is 4.70. The predicted molar refractivity (Wildman–Crippen MR) is 27.6 cm³/mol. The van der Waals surface area contributed by atoms with Gasteiger partial charge in [0, 0.05) is 0 Å². The summed E-state index contributed by atoms with van der Waals surface area (Å²) in [5.41, 5.74) is 0. The minimum atomic E-state index is -1.20. The van der Waals surface area contributed by atoms with Gasteiger partial charge < -0.3 is 9.90 Å². The Morgan fingerprint density at radius 2 is 2.50 bits per heavy atom. The van der Waals surface area contributed by atoms with Crippen LogP contribution in [0.15, 0.2) is 0 Å². The monoisotopic (exact) mass is 141 g/mol. The molecule has 0 radical (unpaired) electrons. The summed E-state index contributed by atoms with van der Waals surface area (Å²) in [6.45, 7) is 1.32. The summed E-state index contributed by atoms with van der Waals surface area (Å²) in [4.78, 5) is 9.99. The standard InChI is InChI=1S/C4H6N4O2/c1-3-5-6-7-8(3)2-4(9)10/h2H2,1H3,(H,9,10)/p-1. The molecule has 0 unspecified atom stereocenters. The SMILES string of the molecule is Cc1nnnn1CC(=O)[O-]. The third kappa shape index (κ3) is 1.28. The topological polar surface area (TPSA) is 83.7 Å². The first-order valence-electron chi connectivity index (χ1n) is 2.63. The number of carbonyl (C=O) groups excluding carboxylic acids is 1. The Bertz CT molecular complexity index is 243. The smallest absolute Gasteiger partial charge is 0.148 e. The van der Waals surface area contributed by atoms with E-state index in [0.717, 1.165) is 4.68 Å². The molecule has 0 bridgehead atoms. The van der Waals surface area contributed by atoms with Gasteiger partial charge in [-0.15, -0.1) is 5.10 Å². The molecule has 54 valence electrons. The van der Waals surface area contributed by atoms with E-state index in [1.54, 1.807) is 6.92 Å². The van der Waals surface area contributed by atoms with E-state index >= 15 is 0 Å². The van der Waals surface area contributed by atoms with Crippen molar-refractivity contribution in [2.45, 2.75) is 13.5 Å². The van der Waals surface area contributed by atoms with Crippen LogP contribution in [0.4, 0.5) is 0 Å². The maximum absolute atomic E-state index is 9.99. The fourth-order valence-corrected chi connectivity index (χ4v) is 0.518. The van der Waals surface area contributed by atoms with Gasteiger partial charge in [0.15, 0.2) is 0 Å². The van der Waals surface area contributed by atoms with Crippen molar-refractivity contribution in [1.29, 1.82) is 0 Å². The van der Waals surface area contributed by atoms with Crippen LogP contribution in [0.25, 0.3) is 0 Å². The first kappa shape index (κ1) is 6.66. The molecule has 0 spiro atoms. The third-order valence-electron chi connectivity index (χ3n) is 0.990. The van der Waals surface area contributed by atoms with Crippen LogP contribution in [-0.4, -0.2) is 26.2 Å². The van der Waals surface area contributed by atoms with Crippen molar-refractivity contribution in [3.05, 3.63) is 5.82 Å². The van der Waals surface area contributed by atoms with E-state index in [9.17, 15) is 9.90 Å². The quantitative estimate of drug-likeness (QED) is 0.463. The second-order valence-corrected chi connectivity index (χ2v) is 1.76. The Hall–Kier alpha value is -1.46. The van der Waals surface area contributed by atoms with Gasteiger partial charge in [0.1, 0.15) is 5.82 Å². The number of nitrogens with zero attached hydrogens (tertiary/aromatic N) is 4. The lowest BCUT2D eigenvalue weighted by Gasteiger charge is -2.00. The second-order valence-electron chi connectivity index (χ2n) is 1.76. The number of aryl methyl sites for hydroxylation is 1. The van der Waals surface area contributed by atoms with E-state index in [2.05, 4.69) is 15.5 Å². The molecule has 1 aromatic heterocycles. The summed E-state index contributed by atoms with van der Waals surface area (Å²) in [5.74, 6) is -0.736. The van der Waals surface area contributed by atoms with Crippen molar-refractivity contribution in [3.63, 3.8) is 0 Å². The molecule has 1 aromatic rings. The van der Waals surface area contributed by atoms with Gasteiger partial charge in [-0.2, -0.15) is 0 Å². The van der Waals surface area contributed by atoms with Gasteiger partial charge in [0.2, 0.25) is 0 Å². The van der Waals surface area contributed by atoms with E-state index < -0.39 is 5.97 Å². The first-order valence-corrected chi connectivity index (χ1v) is 2.63. The van der Waals surface area contributed by atoms with Crippen LogP contribution in [0.5, 0.6) is 0 Å². The van der Waals surface area contributed by atoms with Gasteiger partial charge >= 0.3 is 0 Å². The second kappa shape index (κ2) is 2.42. The zero-order chi connectivity index (χ0) is 7.56. The van der Waals surface area contributed by atoms with Gasteiger partial charge in [-0.05, 0) is 17.4 Å². The zero-order valence-corrected chi connectivity index (χ0v) is 5.31. The van der Waals surface area contributed by atoms with Crippen LogP contribution >= 0.6 is 0 Å². The molecular formula is C4H5N4O2-. The highest BCUT2D eigenvalue weighted by atomic mass is 16.4. The van der Waals surface area contributed by atoms with Crippen LogP contribution in [0.1, 0.15) is 5.82 Å². The van der Waals surface area contributed by atoms with E-state index in [4.69, 9.17) is 0 Å². The average Bonchev–Trinajstić information content (AvgIpc) is 2.15. The van der Waals surface area contributed by atoms with E-state index in [-0.39, 0.29) is 6.54 Å². The Morgan fingerprint density at radius 1 is 1.80 bits per heavy atom. The van der Waals surface area contributed by atoms with Gasteiger partial charge in [-0.1, -0.05) is 0 Å². The molecule has 0 fully saturated rings. The Morgan fingerprint density at radius 3 is 2.90 bits per heavy atom. The van der Waals surface area contributed by atoms with Gasteiger partial charge in [-0.3, -0.25) is 0 Å². The molecule has 0 N–H and O–H groups in total. The summed E-state index contributed by atoms with van der Waals surface area (Å²) in [7, 11) is 0. The van der Waals surface area contributed by atoms with Crippen LogP contribution < -0.4 is 5.11 Å². The summed E-state index contributed by atoms with van der Waals surface area (Å²) >= 11 is 0. The summed E-state index contributed by atoms with van der Waals surface area (Å²) in [6.07, 6.45) is 0. The molecule has 0 aliphatic heterocycles. The Kier molecular flexibility index (Phi) is 1.61. The van der Waals surface area contributed by atoms with E-state index in [1.807, 2.05) is 0 Å². The molecule has 0 aromatic carbocycles. The minimum Gasteiger partial charge on any atom is -0.548 e. The van der Waals surface area contributed by atoms with Gasteiger partial charge in [0.25, 0.3) is 0 Å². The lowest BCUT2D eigenvalue weighted by atomic mass is 10.6. The average molecular weight is 141 g/mol. The van der Waals surface area contributed by atoms with E-state index in [1.165, 1.54) is 0 Å². The molecule has 1 rings (SSSR count). The van der Waals surface area contributed by atoms with Crippen molar-refractivity contribution in [3.8, 4) is 0 Å². The molecule has 0 atom stereocenters. The van der Waals surface area contributed by atoms with Crippen molar-refractivity contribution in [2.75, 3.05) is 0 Å². The summed E-state index contributed by atoms with van der Waals surface area (Å²) in [5, 5.41) is 20.1. The number of rotatable bonds is 2. The molecule has 0 aliphatic carbocycles. The number of hydrogen-bond acceptors (Lipinski definition) is 5. The minimum absolute atomic E-state index is 0.293. The highest BCUT2D eigenvalue weighted by Crippen LogP contribution is 1.85. The normalized spacial score (nSPS) is 9.70. The predicted octanol–water partition coefficient (Wildman–Crippen LogP) is -2.27. The number of aromatic nitrogens is 4. The third-order valence-corrected chi connectivity index (χ3v) is 0.990. The molecule has 0 saturated carbocycles. The zero-order valence-electron chi connectivity index (χ0n) is 5.31. The van der Waals surface area contributed by atoms with Crippen LogP contribution in [-0.2, 0) is 11.3 Å². The van der Waals surface area contributed by atoms with Crippen molar-refractivity contribution >= 4 is 5.97 Å². The molecular weight excluding hydrogens is 136 g/mol. The maximum atomic E-state index is 9.99.